The minimum absolute atomic E-state index is 0.00565. The minimum Gasteiger partial charge on any atom is -0.325 e. The first-order valence-corrected chi connectivity index (χ1v) is 10.8. The molecule has 28 heavy (non-hydrogen) atoms. The summed E-state index contributed by atoms with van der Waals surface area (Å²) in [4.78, 5) is 29.8. The average molecular weight is 411 g/mol. The van der Waals surface area contributed by atoms with Crippen LogP contribution in [0.1, 0.15) is 42.4 Å². The third kappa shape index (κ3) is 5.09. The van der Waals surface area contributed by atoms with Crippen LogP contribution in [0.25, 0.3) is 0 Å². The smallest absolute Gasteiger partial charge is 0.234 e. The van der Waals surface area contributed by atoms with Crippen LogP contribution in [0.4, 0.5) is 5.69 Å². The van der Waals surface area contributed by atoms with Crippen LogP contribution in [0.15, 0.2) is 64.3 Å². The number of hydrogen-bond donors (Lipinski definition) is 1. The molecule has 0 saturated heterocycles. The fourth-order valence-electron chi connectivity index (χ4n) is 2.52. The Morgan fingerprint density at radius 3 is 2.39 bits per heavy atom. The second-order valence-electron chi connectivity index (χ2n) is 7.33. The normalized spacial score (nSPS) is 11.2. The molecule has 1 heterocycles. The van der Waals surface area contributed by atoms with Crippen LogP contribution in [0, 0.1) is 0 Å². The lowest BCUT2D eigenvalue weighted by Gasteiger charge is -2.14. The molecule has 0 atom stereocenters. The quantitative estimate of drug-likeness (QED) is 0.436. The summed E-state index contributed by atoms with van der Waals surface area (Å²) < 4.78 is 0.869. The molecule has 3 aromatic rings. The van der Waals surface area contributed by atoms with Gasteiger partial charge in [0.1, 0.15) is 0 Å². The van der Waals surface area contributed by atoms with Gasteiger partial charge >= 0.3 is 0 Å². The molecule has 0 aliphatic carbocycles. The molecule has 0 unspecified atom stereocenters. The van der Waals surface area contributed by atoms with E-state index in [0.717, 1.165) is 10.0 Å². The predicted octanol–water partition coefficient (Wildman–Crippen LogP) is 5.40. The van der Waals surface area contributed by atoms with Crippen LogP contribution in [0.5, 0.6) is 0 Å². The van der Waals surface area contributed by atoms with Gasteiger partial charge < -0.3 is 5.32 Å². The number of nitrogens with zero attached hydrogens (tertiary/aromatic N) is 1. The number of aromatic nitrogens is 1. The second-order valence-corrected chi connectivity index (χ2v) is 9.41. The molecule has 0 saturated carbocycles. The Bertz CT molecular complexity index is 975. The largest absolute Gasteiger partial charge is 0.325 e. The zero-order chi connectivity index (χ0) is 20.1. The van der Waals surface area contributed by atoms with Gasteiger partial charge in [0.05, 0.1) is 17.1 Å². The van der Waals surface area contributed by atoms with E-state index in [1.807, 2.05) is 23.6 Å². The van der Waals surface area contributed by atoms with Crippen molar-refractivity contribution in [2.75, 3.05) is 11.1 Å². The highest BCUT2D eigenvalue weighted by Crippen LogP contribution is 2.29. The Kier molecular flexibility index (Phi) is 6.31. The molecule has 2 aromatic carbocycles. The SMILES string of the molecule is CC(C)(C)c1csc(SCC(=O)Nc2ccccc2C(=O)c2ccccc2)n1. The first-order chi connectivity index (χ1) is 13.3. The van der Waals surface area contributed by atoms with Gasteiger partial charge in [-0.3, -0.25) is 9.59 Å². The molecule has 0 fully saturated rings. The van der Waals surface area contributed by atoms with Gasteiger partial charge in [-0.25, -0.2) is 4.98 Å². The number of hydrogen-bond acceptors (Lipinski definition) is 5. The minimum atomic E-state index is -0.161. The highest BCUT2D eigenvalue weighted by atomic mass is 32.2. The predicted molar refractivity (Wildman–Crippen MR) is 116 cm³/mol. The van der Waals surface area contributed by atoms with Crippen LogP contribution in [-0.4, -0.2) is 22.4 Å². The lowest BCUT2D eigenvalue weighted by molar-refractivity contribution is -0.113. The van der Waals surface area contributed by atoms with E-state index in [-0.39, 0.29) is 22.9 Å². The molecular formula is C22H22N2O2S2. The second kappa shape index (κ2) is 8.71. The Hall–Kier alpha value is -2.44. The summed E-state index contributed by atoms with van der Waals surface area (Å²) in [7, 11) is 0. The molecule has 1 N–H and O–H groups in total. The summed E-state index contributed by atoms with van der Waals surface area (Å²) in [5.74, 6) is -0.0324. The Morgan fingerprint density at radius 2 is 1.71 bits per heavy atom. The fourth-order valence-corrected chi connectivity index (χ4v) is 4.37. The Labute approximate surface area is 173 Å². The zero-order valence-corrected chi connectivity index (χ0v) is 17.7. The number of anilines is 1. The van der Waals surface area contributed by atoms with Crippen molar-refractivity contribution in [1.82, 2.24) is 4.98 Å². The van der Waals surface area contributed by atoms with E-state index >= 15 is 0 Å². The third-order valence-electron chi connectivity index (χ3n) is 4.06. The highest BCUT2D eigenvalue weighted by molar-refractivity contribution is 8.01. The number of benzene rings is 2. The standard InChI is InChI=1S/C22H22N2O2S2/c1-22(2,3)18-13-27-21(24-18)28-14-19(25)23-17-12-8-7-11-16(17)20(26)15-9-5-4-6-10-15/h4-13H,14H2,1-3H3,(H,23,25). The molecule has 0 spiro atoms. The van der Waals surface area contributed by atoms with E-state index < -0.39 is 0 Å². The van der Waals surface area contributed by atoms with Gasteiger partial charge in [-0.05, 0) is 12.1 Å². The van der Waals surface area contributed by atoms with E-state index in [0.29, 0.717) is 16.8 Å². The molecule has 3 rings (SSSR count). The van der Waals surface area contributed by atoms with Gasteiger partial charge in [0.15, 0.2) is 10.1 Å². The number of rotatable bonds is 6. The van der Waals surface area contributed by atoms with Gasteiger partial charge in [0, 0.05) is 21.9 Å². The maximum absolute atomic E-state index is 12.8. The van der Waals surface area contributed by atoms with Crippen molar-refractivity contribution in [1.29, 1.82) is 0 Å². The van der Waals surface area contributed by atoms with Gasteiger partial charge in [0.25, 0.3) is 0 Å². The molecule has 0 aliphatic rings. The zero-order valence-electron chi connectivity index (χ0n) is 16.1. The first kappa shape index (κ1) is 20.3. The van der Waals surface area contributed by atoms with Crippen molar-refractivity contribution in [2.24, 2.45) is 0 Å². The fraction of sp³-hybridized carbons (Fsp3) is 0.227. The first-order valence-electron chi connectivity index (χ1n) is 8.92. The lowest BCUT2D eigenvalue weighted by Crippen LogP contribution is -2.17. The molecule has 6 heteroatoms. The summed E-state index contributed by atoms with van der Waals surface area (Å²) in [6, 6.07) is 16.1. The molecule has 1 aromatic heterocycles. The van der Waals surface area contributed by atoms with Crippen molar-refractivity contribution in [3.63, 3.8) is 0 Å². The van der Waals surface area contributed by atoms with Crippen molar-refractivity contribution in [3.8, 4) is 0 Å². The molecule has 144 valence electrons. The van der Waals surface area contributed by atoms with E-state index in [4.69, 9.17) is 0 Å². The number of carbonyl (C=O) groups is 2. The summed E-state index contributed by atoms with van der Waals surface area (Å²) in [6.45, 7) is 6.34. The monoisotopic (exact) mass is 410 g/mol. The molecule has 1 amide bonds. The van der Waals surface area contributed by atoms with Gasteiger partial charge in [-0.2, -0.15) is 0 Å². The van der Waals surface area contributed by atoms with Gasteiger partial charge in [-0.1, -0.05) is 75.0 Å². The van der Waals surface area contributed by atoms with E-state index in [1.54, 1.807) is 47.7 Å². The number of thiazole rings is 1. The number of nitrogens with one attached hydrogen (secondary N) is 1. The van der Waals surface area contributed by atoms with Crippen molar-refractivity contribution in [3.05, 3.63) is 76.8 Å². The topological polar surface area (TPSA) is 59.1 Å². The van der Waals surface area contributed by atoms with Gasteiger partial charge in [0.2, 0.25) is 5.91 Å². The summed E-state index contributed by atoms with van der Waals surface area (Å²) in [6.07, 6.45) is 0. The molecule has 0 aliphatic heterocycles. The van der Waals surface area contributed by atoms with Crippen LogP contribution >= 0.6 is 23.1 Å². The molecule has 0 radical (unpaired) electrons. The van der Waals surface area contributed by atoms with E-state index in [9.17, 15) is 9.59 Å². The Morgan fingerprint density at radius 1 is 1.04 bits per heavy atom. The summed E-state index contributed by atoms with van der Waals surface area (Å²) in [5.41, 5.74) is 2.62. The van der Waals surface area contributed by atoms with Gasteiger partial charge in [-0.15, -0.1) is 11.3 Å². The van der Waals surface area contributed by atoms with Crippen molar-refractivity contribution >= 4 is 40.5 Å². The third-order valence-corrected chi connectivity index (χ3v) is 6.08. The van der Waals surface area contributed by atoms with Crippen molar-refractivity contribution < 1.29 is 9.59 Å². The van der Waals surface area contributed by atoms with E-state index in [2.05, 4.69) is 31.1 Å². The van der Waals surface area contributed by atoms with Crippen LogP contribution in [0.3, 0.4) is 0 Å². The van der Waals surface area contributed by atoms with Crippen LogP contribution in [-0.2, 0) is 10.2 Å². The maximum atomic E-state index is 12.8. The molecule has 0 bridgehead atoms. The number of amides is 1. The Balaban J connectivity index is 1.66. The number of thioether (sulfide) groups is 1. The van der Waals surface area contributed by atoms with Crippen molar-refractivity contribution in [2.45, 2.75) is 30.5 Å². The lowest BCUT2D eigenvalue weighted by atomic mass is 9.93. The average Bonchev–Trinajstić information content (AvgIpc) is 3.17. The van der Waals surface area contributed by atoms with E-state index in [1.165, 1.54) is 11.8 Å². The number of ketones is 1. The maximum Gasteiger partial charge on any atom is 0.234 e. The highest BCUT2D eigenvalue weighted by Gasteiger charge is 2.18. The summed E-state index contributed by atoms with van der Waals surface area (Å²) in [5, 5.41) is 4.90. The number of para-hydroxylation sites is 1. The molecule has 4 nitrogen and oxygen atoms in total. The van der Waals surface area contributed by atoms with Crippen LogP contribution in [0.2, 0.25) is 0 Å². The number of carbonyl (C=O) groups excluding carboxylic acids is 2. The molecular weight excluding hydrogens is 388 g/mol. The van der Waals surface area contributed by atoms with Crippen LogP contribution < -0.4 is 5.32 Å². The summed E-state index contributed by atoms with van der Waals surface area (Å²) >= 11 is 2.95.